The molecule has 30 heavy (non-hydrogen) atoms. The molecule has 0 amide bonds. The van der Waals surface area contributed by atoms with Crippen molar-refractivity contribution in [3.8, 4) is 5.88 Å². The Morgan fingerprint density at radius 3 is 2.67 bits per heavy atom. The van der Waals surface area contributed by atoms with Gasteiger partial charge in [0.1, 0.15) is 0 Å². The summed E-state index contributed by atoms with van der Waals surface area (Å²) < 4.78 is 66.1. The maximum atomic E-state index is 12.8. The van der Waals surface area contributed by atoms with E-state index < -0.39 is 26.9 Å². The molecule has 1 atom stereocenters. The number of fused-ring (bicyclic) bond motifs is 3. The highest BCUT2D eigenvalue weighted by Crippen LogP contribution is 2.50. The molecular formula is C19H16ClF3N2O3S2. The molecule has 2 aliphatic carbocycles. The van der Waals surface area contributed by atoms with Gasteiger partial charge in [0, 0.05) is 22.4 Å². The first-order valence-corrected chi connectivity index (χ1v) is 11.9. The van der Waals surface area contributed by atoms with Gasteiger partial charge in [-0.1, -0.05) is 41.6 Å². The number of allylic oxidation sites excluding steroid dienone is 2. The second-order valence-electron chi connectivity index (χ2n) is 7.25. The van der Waals surface area contributed by atoms with Crippen LogP contribution in [0, 0.1) is 0 Å². The molecule has 0 fully saturated rings. The highest BCUT2D eigenvalue weighted by Gasteiger charge is 2.50. The fourth-order valence-corrected chi connectivity index (χ4v) is 5.33. The van der Waals surface area contributed by atoms with Crippen LogP contribution >= 0.6 is 23.4 Å². The van der Waals surface area contributed by atoms with Gasteiger partial charge in [0.25, 0.3) is 0 Å². The summed E-state index contributed by atoms with van der Waals surface area (Å²) in [6.45, 7) is 1.97. The van der Waals surface area contributed by atoms with Gasteiger partial charge in [-0.15, -0.1) is 0 Å². The summed E-state index contributed by atoms with van der Waals surface area (Å²) in [5.41, 5.74) is -2.18. The van der Waals surface area contributed by atoms with Gasteiger partial charge < -0.3 is 4.18 Å². The van der Waals surface area contributed by atoms with E-state index in [9.17, 15) is 21.6 Å². The van der Waals surface area contributed by atoms with Crippen LogP contribution < -0.4 is 4.18 Å². The molecule has 0 aliphatic heterocycles. The van der Waals surface area contributed by atoms with E-state index in [2.05, 4.69) is 20.2 Å². The van der Waals surface area contributed by atoms with E-state index in [4.69, 9.17) is 11.6 Å². The smallest absolute Gasteiger partial charge is 0.355 e. The molecular weight excluding hydrogens is 461 g/mol. The van der Waals surface area contributed by atoms with Crippen LogP contribution in [0.3, 0.4) is 0 Å². The van der Waals surface area contributed by atoms with E-state index in [1.807, 2.05) is 25.1 Å². The van der Waals surface area contributed by atoms with Crippen molar-refractivity contribution in [2.75, 3.05) is 6.26 Å². The summed E-state index contributed by atoms with van der Waals surface area (Å²) in [4.78, 5) is 8.36. The van der Waals surface area contributed by atoms with Gasteiger partial charge in [0.2, 0.25) is 5.88 Å². The Labute approximate surface area is 180 Å². The quantitative estimate of drug-likeness (QED) is 0.271. The molecule has 0 bridgehead atoms. The predicted octanol–water partition coefficient (Wildman–Crippen LogP) is 4.92. The fourth-order valence-electron chi connectivity index (χ4n) is 4.19. The van der Waals surface area contributed by atoms with E-state index in [0.717, 1.165) is 28.5 Å². The number of rotatable bonds is 3. The second-order valence-corrected chi connectivity index (χ2v) is 9.96. The van der Waals surface area contributed by atoms with Crippen LogP contribution in [-0.4, -0.2) is 30.1 Å². The molecule has 11 heteroatoms. The Hall–Kier alpha value is -1.78. The van der Waals surface area contributed by atoms with Crippen LogP contribution in [0.25, 0.3) is 5.57 Å². The topological polar surface area (TPSA) is 69.2 Å². The number of hydrogen-bond acceptors (Lipinski definition) is 6. The molecule has 1 spiro atoms. The number of nitrogens with zero attached hydrogens (tertiary/aromatic N) is 2. The lowest BCUT2D eigenvalue weighted by molar-refractivity contribution is -0.0502. The van der Waals surface area contributed by atoms with E-state index >= 15 is 0 Å². The number of thioether (sulfide) groups is 1. The number of benzene rings is 1. The minimum absolute atomic E-state index is 0.142. The monoisotopic (exact) mass is 476 g/mol. The molecule has 1 aromatic carbocycles. The molecule has 160 valence electrons. The largest absolute Gasteiger partial charge is 0.534 e. The van der Waals surface area contributed by atoms with Gasteiger partial charge in [-0.2, -0.15) is 26.6 Å². The molecule has 0 unspecified atom stereocenters. The lowest BCUT2D eigenvalue weighted by atomic mass is 9.70. The summed E-state index contributed by atoms with van der Waals surface area (Å²) in [5, 5.41) is 0.778. The van der Waals surface area contributed by atoms with Gasteiger partial charge in [-0.05, 0) is 48.8 Å². The third kappa shape index (κ3) is 3.38. The van der Waals surface area contributed by atoms with E-state index in [0.29, 0.717) is 23.6 Å². The molecule has 5 nitrogen and oxygen atoms in total. The summed E-state index contributed by atoms with van der Waals surface area (Å²) >= 11 is 7.49. The average molecular weight is 477 g/mol. The third-order valence-corrected chi connectivity index (χ3v) is 7.24. The zero-order valence-electron chi connectivity index (χ0n) is 15.9. The summed E-state index contributed by atoms with van der Waals surface area (Å²) in [7, 11) is -5.83. The Morgan fingerprint density at radius 2 is 2.00 bits per heavy atom. The van der Waals surface area contributed by atoms with Crippen molar-refractivity contribution in [2.24, 2.45) is 0 Å². The van der Waals surface area contributed by atoms with Gasteiger partial charge in [0.15, 0.2) is 5.16 Å². The minimum atomic E-state index is -5.83. The fraction of sp³-hybridized carbons (Fsp3) is 0.368. The molecule has 0 N–H and O–H groups in total. The van der Waals surface area contributed by atoms with Crippen LogP contribution in [-0.2, 0) is 28.4 Å². The molecule has 1 heterocycles. The number of hydrogen-bond donors (Lipinski definition) is 0. The first kappa shape index (κ1) is 21.5. The minimum Gasteiger partial charge on any atom is -0.355 e. The molecule has 4 rings (SSSR count). The van der Waals surface area contributed by atoms with Crippen LogP contribution in [0.1, 0.15) is 35.7 Å². The van der Waals surface area contributed by atoms with E-state index in [1.54, 1.807) is 6.26 Å². The van der Waals surface area contributed by atoms with Gasteiger partial charge in [-0.3, -0.25) is 0 Å². The van der Waals surface area contributed by atoms with Crippen molar-refractivity contribution in [3.05, 3.63) is 51.7 Å². The van der Waals surface area contributed by atoms with Crippen molar-refractivity contribution in [1.82, 2.24) is 9.97 Å². The first-order valence-electron chi connectivity index (χ1n) is 8.91. The van der Waals surface area contributed by atoms with Gasteiger partial charge in [-0.25, -0.2) is 4.98 Å². The molecule has 2 aromatic rings. The first-order chi connectivity index (χ1) is 14.0. The van der Waals surface area contributed by atoms with Crippen LogP contribution in [0.4, 0.5) is 13.2 Å². The number of alkyl halides is 3. The van der Waals surface area contributed by atoms with Gasteiger partial charge in [0.05, 0.1) is 5.69 Å². The van der Waals surface area contributed by atoms with Crippen molar-refractivity contribution < 1.29 is 25.8 Å². The molecule has 0 radical (unpaired) electrons. The Balaban J connectivity index is 1.81. The van der Waals surface area contributed by atoms with Crippen LogP contribution in [0.15, 0.2) is 29.4 Å². The zero-order chi connectivity index (χ0) is 21.9. The molecule has 0 saturated carbocycles. The lowest BCUT2D eigenvalue weighted by Gasteiger charge is -2.34. The average Bonchev–Trinajstić information content (AvgIpc) is 2.92. The predicted molar refractivity (Wildman–Crippen MR) is 108 cm³/mol. The summed E-state index contributed by atoms with van der Waals surface area (Å²) in [5.74, 6) is -0.554. The van der Waals surface area contributed by atoms with E-state index in [-0.39, 0.29) is 17.1 Å². The van der Waals surface area contributed by atoms with Crippen molar-refractivity contribution in [2.45, 2.75) is 42.3 Å². The molecule has 1 aromatic heterocycles. The molecule has 2 aliphatic rings. The van der Waals surface area contributed by atoms with Crippen LogP contribution in [0.2, 0.25) is 5.02 Å². The summed E-state index contributed by atoms with van der Waals surface area (Å²) in [6, 6.07) is 5.67. The molecule has 0 saturated heterocycles. The Kier molecular flexibility index (Phi) is 5.10. The number of aromatic nitrogens is 2. The highest BCUT2D eigenvalue weighted by molar-refractivity contribution is 7.98. The van der Waals surface area contributed by atoms with E-state index in [1.165, 1.54) is 0 Å². The second kappa shape index (κ2) is 7.13. The standard InChI is InChI=1S/C19H16ClF3N2O3S2/c1-10-8-18(12-4-3-5-13(20)15(10)12)7-6-11-14(9-18)24-17(29-2)25-16(11)28-30(26,27)19(21,22)23/h3-5,8H,6-7,9H2,1-2H3/t18-/m1/s1. The number of halogens is 4. The third-order valence-electron chi connectivity index (χ3n) is 5.43. The van der Waals surface area contributed by atoms with Crippen molar-refractivity contribution >= 4 is 39.1 Å². The van der Waals surface area contributed by atoms with Crippen molar-refractivity contribution in [1.29, 1.82) is 0 Å². The lowest BCUT2D eigenvalue weighted by Crippen LogP contribution is -2.33. The summed E-state index contributed by atoms with van der Waals surface area (Å²) in [6.07, 6.45) is 4.94. The SMILES string of the molecule is CSc1nc2c(c(OS(=O)(=O)C(F)(F)F)n1)CC[C@@]1(C=C(C)c3c(Cl)cccc31)C2. The maximum absolute atomic E-state index is 12.8. The Morgan fingerprint density at radius 1 is 1.27 bits per heavy atom. The van der Waals surface area contributed by atoms with Gasteiger partial charge >= 0.3 is 15.6 Å². The maximum Gasteiger partial charge on any atom is 0.534 e. The van der Waals surface area contributed by atoms with Crippen molar-refractivity contribution in [3.63, 3.8) is 0 Å². The zero-order valence-corrected chi connectivity index (χ0v) is 18.3. The highest BCUT2D eigenvalue weighted by atomic mass is 35.5. The Bertz CT molecular complexity index is 1180. The van der Waals surface area contributed by atoms with Crippen LogP contribution in [0.5, 0.6) is 5.88 Å². The normalized spacial score (nSPS) is 20.7.